The summed E-state index contributed by atoms with van der Waals surface area (Å²) in [6.07, 6.45) is 3.05. The topological polar surface area (TPSA) is 29.5 Å². The first kappa shape index (κ1) is 23.3. The molecule has 4 aliphatic rings. The number of hydrogen-bond acceptors (Lipinski definition) is 2. The van der Waals surface area contributed by atoms with E-state index in [4.69, 9.17) is 5.11 Å². The summed E-state index contributed by atoms with van der Waals surface area (Å²) in [4.78, 5) is 0. The van der Waals surface area contributed by atoms with E-state index in [0.717, 1.165) is 18.3 Å². The van der Waals surface area contributed by atoms with Gasteiger partial charge in [-0.1, -0.05) is 31.7 Å². The van der Waals surface area contributed by atoms with Crippen molar-refractivity contribution in [3.63, 3.8) is 0 Å². The lowest BCUT2D eigenvalue weighted by Crippen LogP contribution is -2.60. The van der Waals surface area contributed by atoms with Gasteiger partial charge in [-0.05, 0) is 61.7 Å². The maximum absolute atomic E-state index is 12.4. The fraction of sp³-hybridized carbons (Fsp3) is 0.800. The molecule has 1 N–H and O–H groups in total. The minimum atomic E-state index is -5.82. The lowest BCUT2D eigenvalue weighted by atomic mass is 9.94. The van der Waals surface area contributed by atoms with Crippen LogP contribution in [0.5, 0.6) is 0 Å². The molecule has 4 rings (SSSR count). The van der Waals surface area contributed by atoms with Gasteiger partial charge in [0, 0.05) is 0 Å². The Labute approximate surface area is 161 Å². The summed E-state index contributed by atoms with van der Waals surface area (Å²) in [5.74, 6) is 2.41. The highest BCUT2D eigenvalue weighted by Gasteiger charge is 2.70. The van der Waals surface area contributed by atoms with Gasteiger partial charge in [-0.3, -0.25) is 0 Å². The average molecular weight is 414 g/mol. The number of fused-ring (bicyclic) bond motifs is 4. The summed E-state index contributed by atoms with van der Waals surface area (Å²) < 4.78 is 78.9. The first-order valence-corrected chi connectivity index (χ1v) is 9.30. The Morgan fingerprint density at radius 3 is 1.64 bits per heavy atom. The Hall–Kier alpha value is -1.02. The Morgan fingerprint density at radius 1 is 0.786 bits per heavy atom. The number of aliphatic hydroxyl groups is 1. The van der Waals surface area contributed by atoms with Crippen LogP contribution in [-0.2, 0) is 4.74 Å². The van der Waals surface area contributed by atoms with Gasteiger partial charge < -0.3 is 9.84 Å². The zero-order valence-corrected chi connectivity index (χ0v) is 14.8. The first-order chi connectivity index (χ1) is 12.5. The van der Waals surface area contributed by atoms with Gasteiger partial charge in [0.05, 0.1) is 13.2 Å². The van der Waals surface area contributed by atoms with Crippen molar-refractivity contribution < 1.29 is 36.2 Å². The van der Waals surface area contributed by atoms with Crippen molar-refractivity contribution in [1.29, 1.82) is 0 Å². The maximum Gasteiger partial charge on any atom is 0.428 e. The van der Waals surface area contributed by atoms with Crippen molar-refractivity contribution in [3.8, 4) is 0 Å². The lowest BCUT2D eigenvalue weighted by molar-refractivity contribution is -0.378. The van der Waals surface area contributed by atoms with E-state index in [-0.39, 0.29) is 25.9 Å². The minimum absolute atomic E-state index is 0. The third-order valence-electron chi connectivity index (χ3n) is 6.17. The van der Waals surface area contributed by atoms with Gasteiger partial charge in [0.1, 0.15) is 0 Å². The summed E-state index contributed by atoms with van der Waals surface area (Å²) >= 11 is 0. The molecule has 5 unspecified atom stereocenters. The van der Waals surface area contributed by atoms with Gasteiger partial charge >= 0.3 is 12.4 Å². The molecule has 0 saturated heterocycles. The van der Waals surface area contributed by atoms with Gasteiger partial charge in [0.2, 0.25) is 0 Å². The van der Waals surface area contributed by atoms with Crippen molar-refractivity contribution >= 4 is 0 Å². The fourth-order valence-corrected chi connectivity index (χ4v) is 4.49. The van der Waals surface area contributed by atoms with Crippen LogP contribution in [0.15, 0.2) is 24.3 Å². The van der Waals surface area contributed by atoms with E-state index < -0.39 is 24.6 Å². The molecule has 0 aliphatic heterocycles. The monoisotopic (exact) mass is 414 g/mol. The zero-order chi connectivity index (χ0) is 19.9. The molecule has 0 radical (unpaired) electrons. The molecule has 0 aromatic rings. The predicted octanol–water partition coefficient (Wildman–Crippen LogP) is 5.68. The summed E-state index contributed by atoms with van der Waals surface area (Å²) in [5, 5.41) is 8.90. The van der Waals surface area contributed by atoms with Crippen LogP contribution in [0.1, 0.15) is 39.5 Å². The molecule has 0 amide bonds. The van der Waals surface area contributed by atoms with Crippen molar-refractivity contribution in [2.24, 2.45) is 29.6 Å². The van der Waals surface area contributed by atoms with E-state index in [1.165, 1.54) is 19.3 Å². The largest absolute Gasteiger partial charge is 0.428 e. The van der Waals surface area contributed by atoms with Crippen molar-refractivity contribution in [1.82, 2.24) is 0 Å². The van der Waals surface area contributed by atoms with Crippen LogP contribution in [0.25, 0.3) is 0 Å². The number of hydrogen-bond donors (Lipinski definition) is 1. The summed E-state index contributed by atoms with van der Waals surface area (Å²) in [5.41, 5.74) is -4.81. The number of ether oxygens (including phenoxy) is 1. The van der Waals surface area contributed by atoms with Crippen molar-refractivity contribution in [2.75, 3.05) is 13.2 Å². The fourth-order valence-electron chi connectivity index (χ4n) is 4.49. The quantitative estimate of drug-likeness (QED) is 0.474. The standard InChI is InChI=1S/C12H14F6O2.C7H10.CH4/c13-11(14,15)10(19,12(16,17)18)6-20-5-9-4-7-1-2-8(9)3-7;1-2-7-4-3-6(1)5-7;/h1-2,7-9,19H,3-6H2;1-2,6-7H,3-5H2;1H4. The van der Waals surface area contributed by atoms with Crippen LogP contribution in [0.3, 0.4) is 0 Å². The molecule has 5 atom stereocenters. The van der Waals surface area contributed by atoms with Gasteiger partial charge in [0.25, 0.3) is 5.60 Å². The van der Waals surface area contributed by atoms with Crippen LogP contribution < -0.4 is 0 Å². The highest BCUT2D eigenvalue weighted by atomic mass is 19.4. The summed E-state index contributed by atoms with van der Waals surface area (Å²) in [7, 11) is 0. The number of allylic oxidation sites excluding steroid dienone is 4. The highest BCUT2D eigenvalue weighted by molar-refractivity contribution is 5.10. The minimum Gasteiger partial charge on any atom is -0.377 e. The average Bonchev–Trinajstić information content (AvgIpc) is 3.35. The number of halogens is 6. The van der Waals surface area contributed by atoms with Crippen LogP contribution in [0, 0.1) is 29.6 Å². The molecule has 4 bridgehead atoms. The third-order valence-corrected chi connectivity index (χ3v) is 6.17. The normalized spacial score (nSPS) is 33.0. The van der Waals surface area contributed by atoms with Gasteiger partial charge in [-0.15, -0.1) is 0 Å². The first-order valence-electron chi connectivity index (χ1n) is 9.30. The molecule has 8 heteroatoms. The molecule has 2 fully saturated rings. The molecule has 0 aromatic carbocycles. The van der Waals surface area contributed by atoms with E-state index in [1.54, 1.807) is 0 Å². The molecule has 0 aromatic heterocycles. The van der Waals surface area contributed by atoms with E-state index in [9.17, 15) is 26.3 Å². The lowest BCUT2D eigenvalue weighted by Gasteiger charge is -2.32. The van der Waals surface area contributed by atoms with E-state index in [2.05, 4.69) is 16.9 Å². The molecule has 28 heavy (non-hydrogen) atoms. The van der Waals surface area contributed by atoms with Crippen LogP contribution in [0.2, 0.25) is 0 Å². The second-order valence-corrected chi connectivity index (χ2v) is 8.13. The van der Waals surface area contributed by atoms with Gasteiger partial charge in [-0.2, -0.15) is 26.3 Å². The molecule has 4 aliphatic carbocycles. The van der Waals surface area contributed by atoms with Crippen molar-refractivity contribution in [3.05, 3.63) is 24.3 Å². The molecule has 2 nitrogen and oxygen atoms in total. The second-order valence-electron chi connectivity index (χ2n) is 8.13. The number of alkyl halides is 6. The van der Waals surface area contributed by atoms with Gasteiger partial charge in [0.15, 0.2) is 0 Å². The van der Waals surface area contributed by atoms with Gasteiger partial charge in [-0.25, -0.2) is 0 Å². The van der Waals surface area contributed by atoms with Crippen LogP contribution >= 0.6 is 0 Å². The van der Waals surface area contributed by atoms with Crippen molar-refractivity contribution in [2.45, 2.75) is 57.5 Å². The third kappa shape index (κ3) is 4.75. The summed E-state index contributed by atoms with van der Waals surface area (Å²) in [6, 6.07) is 0. The molecule has 0 heterocycles. The Morgan fingerprint density at radius 2 is 1.32 bits per heavy atom. The van der Waals surface area contributed by atoms with Crippen LogP contribution in [-0.4, -0.2) is 36.3 Å². The Bertz CT molecular complexity index is 554. The smallest absolute Gasteiger partial charge is 0.377 e. The Balaban J connectivity index is 0.000000291. The SMILES string of the molecule is C.C1=CC2CCC1C2.OC(COCC1CC2C=CC1C2)(C(F)(F)F)C(F)(F)F. The second kappa shape index (κ2) is 8.38. The molecule has 162 valence electrons. The van der Waals surface area contributed by atoms with E-state index >= 15 is 0 Å². The molecular formula is C20H28F6O2. The van der Waals surface area contributed by atoms with Crippen LogP contribution in [0.4, 0.5) is 26.3 Å². The highest BCUT2D eigenvalue weighted by Crippen LogP contribution is 2.45. The van der Waals surface area contributed by atoms with E-state index in [0.29, 0.717) is 12.3 Å². The zero-order valence-electron chi connectivity index (χ0n) is 14.8. The predicted molar refractivity (Wildman–Crippen MR) is 93.4 cm³/mol. The molecular weight excluding hydrogens is 386 g/mol. The number of rotatable bonds is 4. The molecule has 2 saturated carbocycles. The Kier molecular flexibility index (Phi) is 6.96. The summed E-state index contributed by atoms with van der Waals surface area (Å²) in [6.45, 7) is -2.03. The maximum atomic E-state index is 12.4. The molecule has 0 spiro atoms. The van der Waals surface area contributed by atoms with E-state index in [1.807, 2.05) is 12.2 Å².